The average molecular weight is 399 g/mol. The number of nitrogens with one attached hydrogen (secondary N) is 1. The summed E-state index contributed by atoms with van der Waals surface area (Å²) in [5, 5.41) is 24.6. The van der Waals surface area contributed by atoms with Crippen molar-refractivity contribution < 1.29 is 9.90 Å². The molecule has 0 fully saturated rings. The third-order valence-electron chi connectivity index (χ3n) is 4.43. The molecule has 0 aliphatic heterocycles. The second-order valence-electron chi connectivity index (χ2n) is 6.58. The summed E-state index contributed by atoms with van der Waals surface area (Å²) in [6.45, 7) is 1.96. The summed E-state index contributed by atoms with van der Waals surface area (Å²) < 4.78 is 2.00. The van der Waals surface area contributed by atoms with Crippen molar-refractivity contribution in [3.63, 3.8) is 0 Å². The van der Waals surface area contributed by atoms with Crippen molar-refractivity contribution in [3.8, 4) is 0 Å². The van der Waals surface area contributed by atoms with E-state index in [1.807, 2.05) is 31.2 Å². The Morgan fingerprint density at radius 2 is 1.93 bits per heavy atom. The van der Waals surface area contributed by atoms with Gasteiger partial charge in [0.05, 0.1) is 13.1 Å². The molecule has 11 nitrogen and oxygen atoms in total. The number of aliphatic hydroxyl groups excluding tert-OH is 1. The Morgan fingerprint density at radius 1 is 1.24 bits per heavy atom. The topological polar surface area (TPSA) is 137 Å². The lowest BCUT2D eigenvalue weighted by molar-refractivity contribution is 0.0959. The monoisotopic (exact) mass is 399 g/mol. The van der Waals surface area contributed by atoms with Crippen LogP contribution in [0.1, 0.15) is 33.4 Å². The van der Waals surface area contributed by atoms with Crippen LogP contribution < -0.4 is 16.6 Å². The zero-order chi connectivity index (χ0) is 21.1. The molecular weight excluding hydrogens is 378 g/mol. The van der Waals surface area contributed by atoms with Gasteiger partial charge in [-0.3, -0.25) is 18.7 Å². The van der Waals surface area contributed by atoms with Crippen LogP contribution in [0.2, 0.25) is 0 Å². The van der Waals surface area contributed by atoms with Crippen LogP contribution in [-0.2, 0) is 20.1 Å². The third kappa shape index (κ3) is 4.29. The van der Waals surface area contributed by atoms with Crippen molar-refractivity contribution in [2.75, 3.05) is 7.05 Å². The average Bonchev–Trinajstić information content (AvgIpc) is 3.15. The standard InChI is InChI=1S/C18H21N7O4/c1-11-4-6-12(7-5-11)14(26)9-25-21-15(20-22-25)10-24-8-13(16(27)19-2)17(28)23(3)18(24)29/h4-8,14,26H,9-10H2,1-3H3,(H,19,27)/t14-/m0/s1. The van der Waals surface area contributed by atoms with Crippen molar-refractivity contribution in [2.24, 2.45) is 7.05 Å². The minimum absolute atomic E-state index is 0.0850. The Kier molecular flexibility index (Phi) is 5.69. The first-order valence-corrected chi connectivity index (χ1v) is 8.84. The first-order valence-electron chi connectivity index (χ1n) is 8.84. The van der Waals surface area contributed by atoms with E-state index in [1.54, 1.807) is 0 Å². The van der Waals surface area contributed by atoms with Gasteiger partial charge in [-0.1, -0.05) is 29.8 Å². The number of hydrogen-bond acceptors (Lipinski definition) is 7. The SMILES string of the molecule is CNC(=O)c1cn(Cc2nnn(C[C@H](O)c3ccc(C)cc3)n2)c(=O)n(C)c1=O. The van der Waals surface area contributed by atoms with E-state index in [-0.39, 0.29) is 24.5 Å². The molecule has 0 aliphatic rings. The summed E-state index contributed by atoms with van der Waals surface area (Å²) in [6.07, 6.45) is 0.350. The highest BCUT2D eigenvalue weighted by atomic mass is 16.3. The van der Waals surface area contributed by atoms with Crippen molar-refractivity contribution in [1.82, 2.24) is 34.7 Å². The van der Waals surface area contributed by atoms with E-state index < -0.39 is 23.3 Å². The minimum atomic E-state index is -0.822. The van der Waals surface area contributed by atoms with Crippen molar-refractivity contribution in [3.05, 3.63) is 73.8 Å². The first-order chi connectivity index (χ1) is 13.8. The van der Waals surface area contributed by atoms with Crippen molar-refractivity contribution in [2.45, 2.75) is 26.1 Å². The highest BCUT2D eigenvalue weighted by molar-refractivity contribution is 5.93. The second kappa shape index (κ2) is 8.19. The molecule has 3 rings (SSSR count). The molecular formula is C18H21N7O4. The first kappa shape index (κ1) is 20.1. The van der Waals surface area contributed by atoms with Gasteiger partial charge in [-0.15, -0.1) is 10.2 Å². The minimum Gasteiger partial charge on any atom is -0.386 e. The predicted octanol–water partition coefficient (Wildman–Crippen LogP) is -1.02. The summed E-state index contributed by atoms with van der Waals surface area (Å²) in [7, 11) is 2.68. The smallest absolute Gasteiger partial charge is 0.331 e. The number of carbonyl (C=O) groups excluding carboxylic acids is 1. The summed E-state index contributed by atoms with van der Waals surface area (Å²) in [5.74, 6) is -0.401. The van der Waals surface area contributed by atoms with Crippen LogP contribution in [-0.4, -0.2) is 47.4 Å². The zero-order valence-corrected chi connectivity index (χ0v) is 16.2. The van der Waals surface area contributed by atoms with Gasteiger partial charge in [0.1, 0.15) is 11.7 Å². The largest absolute Gasteiger partial charge is 0.386 e. The molecule has 152 valence electrons. The van der Waals surface area contributed by atoms with E-state index in [2.05, 4.69) is 20.7 Å². The van der Waals surface area contributed by atoms with Crippen LogP contribution in [0.4, 0.5) is 0 Å². The Morgan fingerprint density at radius 3 is 2.59 bits per heavy atom. The fourth-order valence-corrected chi connectivity index (χ4v) is 2.75. The van der Waals surface area contributed by atoms with E-state index in [0.29, 0.717) is 0 Å². The lowest BCUT2D eigenvalue weighted by Crippen LogP contribution is -2.42. The molecule has 0 radical (unpaired) electrons. The highest BCUT2D eigenvalue weighted by Crippen LogP contribution is 2.14. The lowest BCUT2D eigenvalue weighted by atomic mass is 10.1. The van der Waals surface area contributed by atoms with Crippen LogP contribution in [0, 0.1) is 6.92 Å². The van der Waals surface area contributed by atoms with E-state index in [0.717, 1.165) is 20.3 Å². The highest BCUT2D eigenvalue weighted by Gasteiger charge is 2.16. The Labute approximate surface area is 165 Å². The second-order valence-corrected chi connectivity index (χ2v) is 6.58. The number of aliphatic hydroxyl groups is 1. The number of carbonyl (C=O) groups is 1. The number of benzene rings is 1. The van der Waals surface area contributed by atoms with Gasteiger partial charge in [-0.2, -0.15) is 4.80 Å². The van der Waals surface area contributed by atoms with Crippen LogP contribution in [0.25, 0.3) is 0 Å². The zero-order valence-electron chi connectivity index (χ0n) is 16.2. The molecule has 1 amide bonds. The molecule has 2 N–H and O–H groups in total. The van der Waals surface area contributed by atoms with Crippen molar-refractivity contribution >= 4 is 5.91 Å². The molecule has 1 aromatic carbocycles. The van der Waals surface area contributed by atoms with Gasteiger partial charge in [0.25, 0.3) is 11.5 Å². The van der Waals surface area contributed by atoms with Crippen molar-refractivity contribution in [1.29, 1.82) is 0 Å². The third-order valence-corrected chi connectivity index (χ3v) is 4.43. The fourth-order valence-electron chi connectivity index (χ4n) is 2.75. The van der Waals surface area contributed by atoms with Crippen LogP contribution in [0.3, 0.4) is 0 Å². The van der Waals surface area contributed by atoms with E-state index in [9.17, 15) is 19.5 Å². The number of tetrazole rings is 1. The molecule has 2 heterocycles. The predicted molar refractivity (Wildman–Crippen MR) is 102 cm³/mol. The number of aryl methyl sites for hydroxylation is 1. The number of aromatic nitrogens is 6. The van der Waals surface area contributed by atoms with Gasteiger partial charge in [-0.05, 0) is 17.7 Å². The van der Waals surface area contributed by atoms with E-state index in [1.165, 1.54) is 25.1 Å². The van der Waals surface area contributed by atoms with Gasteiger partial charge in [0, 0.05) is 20.3 Å². The Hall–Kier alpha value is -3.60. The van der Waals surface area contributed by atoms with Crippen LogP contribution in [0.5, 0.6) is 0 Å². The summed E-state index contributed by atoms with van der Waals surface area (Å²) in [4.78, 5) is 37.5. The molecule has 1 atom stereocenters. The van der Waals surface area contributed by atoms with Gasteiger partial charge in [0.15, 0.2) is 5.82 Å². The molecule has 2 aromatic heterocycles. The number of nitrogens with zero attached hydrogens (tertiary/aromatic N) is 6. The molecule has 0 unspecified atom stereocenters. The molecule has 11 heteroatoms. The lowest BCUT2D eigenvalue weighted by Gasteiger charge is -2.10. The number of hydrogen-bond donors (Lipinski definition) is 2. The van der Waals surface area contributed by atoms with E-state index >= 15 is 0 Å². The Balaban J connectivity index is 1.80. The van der Waals surface area contributed by atoms with Gasteiger partial charge >= 0.3 is 5.69 Å². The maximum atomic E-state index is 12.3. The van der Waals surface area contributed by atoms with Gasteiger partial charge in [-0.25, -0.2) is 4.79 Å². The number of amides is 1. The summed E-state index contributed by atoms with van der Waals surface area (Å²) in [6, 6.07) is 7.44. The van der Waals surface area contributed by atoms with Crippen LogP contribution >= 0.6 is 0 Å². The maximum Gasteiger partial charge on any atom is 0.331 e. The van der Waals surface area contributed by atoms with Gasteiger partial charge < -0.3 is 10.4 Å². The maximum absolute atomic E-state index is 12.3. The Bertz CT molecular complexity index is 1140. The summed E-state index contributed by atoms with van der Waals surface area (Å²) in [5.41, 5.74) is 0.332. The van der Waals surface area contributed by atoms with Gasteiger partial charge in [0.2, 0.25) is 0 Å². The molecule has 0 saturated heterocycles. The normalized spacial score (nSPS) is 12.0. The number of rotatable bonds is 6. The molecule has 0 spiro atoms. The molecule has 0 saturated carbocycles. The summed E-state index contributed by atoms with van der Waals surface area (Å²) >= 11 is 0. The quantitative estimate of drug-likeness (QED) is 0.541. The molecule has 29 heavy (non-hydrogen) atoms. The van der Waals surface area contributed by atoms with Crippen LogP contribution in [0.15, 0.2) is 40.1 Å². The molecule has 3 aromatic rings. The fraction of sp³-hybridized carbons (Fsp3) is 0.333. The molecule has 0 bridgehead atoms. The van der Waals surface area contributed by atoms with E-state index in [4.69, 9.17) is 0 Å². The molecule has 0 aliphatic carbocycles.